The van der Waals surface area contributed by atoms with E-state index in [9.17, 15) is 9.59 Å². The first-order valence-electron chi connectivity index (χ1n) is 6.87. The Hall–Kier alpha value is -1.10. The summed E-state index contributed by atoms with van der Waals surface area (Å²) in [6.45, 7) is 5.66. The molecule has 1 fully saturated rings. The van der Waals surface area contributed by atoms with Crippen LogP contribution in [0.25, 0.3) is 0 Å². The Labute approximate surface area is 115 Å². The second kappa shape index (κ2) is 6.37. The lowest BCUT2D eigenvalue weighted by Crippen LogP contribution is -2.48. The molecule has 110 valence electrons. The number of hydrogen-bond donors (Lipinski definition) is 1. The third kappa shape index (κ3) is 5.19. The molecular weight excluding hydrogens is 244 g/mol. The number of aliphatic carboxylic acids is 1. The van der Waals surface area contributed by atoms with Gasteiger partial charge in [-0.05, 0) is 31.8 Å². The van der Waals surface area contributed by atoms with Gasteiger partial charge in [0, 0.05) is 26.1 Å². The maximum atomic E-state index is 12.3. The summed E-state index contributed by atoms with van der Waals surface area (Å²) in [7, 11) is 3.90. The fourth-order valence-electron chi connectivity index (χ4n) is 2.66. The van der Waals surface area contributed by atoms with E-state index in [0.29, 0.717) is 0 Å². The normalized spacial score (nSPS) is 21.2. The van der Waals surface area contributed by atoms with E-state index in [4.69, 9.17) is 5.11 Å². The van der Waals surface area contributed by atoms with Crippen LogP contribution in [0.5, 0.6) is 0 Å². The van der Waals surface area contributed by atoms with Gasteiger partial charge in [0.05, 0.1) is 6.42 Å². The summed E-state index contributed by atoms with van der Waals surface area (Å²) in [5.41, 5.74) is -0.488. The van der Waals surface area contributed by atoms with Crippen LogP contribution in [0.2, 0.25) is 0 Å². The van der Waals surface area contributed by atoms with Gasteiger partial charge in [0.2, 0.25) is 5.91 Å². The van der Waals surface area contributed by atoms with Crippen LogP contribution >= 0.6 is 0 Å². The summed E-state index contributed by atoms with van der Waals surface area (Å²) in [5.74, 6) is -0.801. The molecule has 1 saturated heterocycles. The minimum Gasteiger partial charge on any atom is -0.481 e. The van der Waals surface area contributed by atoms with Crippen molar-refractivity contribution in [3.05, 3.63) is 0 Å². The Bertz CT molecular complexity index is 342. The molecular formula is C14H26N2O3. The molecule has 1 unspecified atom stereocenters. The highest BCUT2D eigenvalue weighted by molar-refractivity contribution is 5.78. The van der Waals surface area contributed by atoms with Gasteiger partial charge in [0.25, 0.3) is 0 Å². The molecule has 1 N–H and O–H groups in total. The molecule has 19 heavy (non-hydrogen) atoms. The summed E-state index contributed by atoms with van der Waals surface area (Å²) in [5, 5.41) is 8.85. The molecule has 1 aliphatic rings. The first kappa shape index (κ1) is 16.0. The van der Waals surface area contributed by atoms with E-state index >= 15 is 0 Å². The van der Waals surface area contributed by atoms with Crippen molar-refractivity contribution in [2.75, 3.05) is 27.2 Å². The monoisotopic (exact) mass is 270 g/mol. The van der Waals surface area contributed by atoms with Crippen LogP contribution in [0.1, 0.15) is 39.5 Å². The quantitative estimate of drug-likeness (QED) is 0.821. The van der Waals surface area contributed by atoms with Gasteiger partial charge in [-0.15, -0.1) is 0 Å². The third-order valence-electron chi connectivity index (χ3n) is 3.80. The highest BCUT2D eigenvalue weighted by Crippen LogP contribution is 2.26. The molecule has 5 nitrogen and oxygen atoms in total. The molecule has 0 radical (unpaired) electrons. The van der Waals surface area contributed by atoms with Crippen LogP contribution in [0, 0.1) is 5.41 Å². The average molecular weight is 270 g/mol. The van der Waals surface area contributed by atoms with Crippen molar-refractivity contribution < 1.29 is 14.7 Å². The van der Waals surface area contributed by atoms with Crippen LogP contribution in [0.15, 0.2) is 0 Å². The van der Waals surface area contributed by atoms with Crippen LogP contribution in [0.3, 0.4) is 0 Å². The largest absolute Gasteiger partial charge is 0.481 e. The van der Waals surface area contributed by atoms with Crippen molar-refractivity contribution in [3.8, 4) is 0 Å². The maximum absolute atomic E-state index is 12.3. The minimum atomic E-state index is -0.849. The summed E-state index contributed by atoms with van der Waals surface area (Å²) in [4.78, 5) is 27.1. The molecule has 0 aliphatic carbocycles. The Morgan fingerprint density at radius 3 is 2.53 bits per heavy atom. The molecule has 0 spiro atoms. The lowest BCUT2D eigenvalue weighted by Gasteiger charge is -2.37. The number of piperidine rings is 1. The lowest BCUT2D eigenvalue weighted by molar-refractivity contribution is -0.141. The van der Waals surface area contributed by atoms with E-state index in [1.807, 2.05) is 20.9 Å². The van der Waals surface area contributed by atoms with Crippen molar-refractivity contribution in [3.63, 3.8) is 0 Å². The number of nitrogens with zero attached hydrogens (tertiary/aromatic N) is 2. The van der Waals surface area contributed by atoms with Crippen molar-refractivity contribution in [1.29, 1.82) is 0 Å². The first-order chi connectivity index (χ1) is 8.71. The van der Waals surface area contributed by atoms with Crippen LogP contribution in [-0.2, 0) is 9.59 Å². The fourth-order valence-corrected chi connectivity index (χ4v) is 2.66. The smallest absolute Gasteiger partial charge is 0.303 e. The number of carbonyl (C=O) groups excluding carboxylic acids is 1. The summed E-state index contributed by atoms with van der Waals surface area (Å²) in [6, 6.07) is 0.256. The number of likely N-dealkylation sites (tertiary alicyclic amines) is 1. The molecule has 0 aromatic carbocycles. The van der Waals surface area contributed by atoms with Gasteiger partial charge in [0.1, 0.15) is 0 Å². The zero-order valence-electron chi connectivity index (χ0n) is 12.5. The summed E-state index contributed by atoms with van der Waals surface area (Å²) in [6.07, 6.45) is 2.45. The van der Waals surface area contributed by atoms with E-state index in [1.165, 1.54) is 0 Å². The van der Waals surface area contributed by atoms with E-state index in [2.05, 4.69) is 11.9 Å². The van der Waals surface area contributed by atoms with Gasteiger partial charge in [-0.1, -0.05) is 13.8 Å². The second-order valence-electron chi connectivity index (χ2n) is 6.47. The molecule has 0 bridgehead atoms. The van der Waals surface area contributed by atoms with Crippen molar-refractivity contribution in [1.82, 2.24) is 9.80 Å². The molecule has 0 aromatic heterocycles. The predicted octanol–water partition coefficient (Wildman–Crippen LogP) is 1.43. The standard InChI is InChI=1S/C14H26N2O3/c1-14(2,9-13(18)19)8-12(17)16(4)11-6-5-7-15(3)10-11/h11H,5-10H2,1-4H3,(H,18,19). The molecule has 1 atom stereocenters. The number of hydrogen-bond acceptors (Lipinski definition) is 3. The number of carboxylic acid groups (broad SMARTS) is 1. The second-order valence-corrected chi connectivity index (χ2v) is 6.47. The Morgan fingerprint density at radius 2 is 2.00 bits per heavy atom. The molecule has 0 saturated carbocycles. The average Bonchev–Trinajstić information content (AvgIpc) is 2.25. The van der Waals surface area contributed by atoms with E-state index < -0.39 is 11.4 Å². The predicted molar refractivity (Wildman–Crippen MR) is 73.9 cm³/mol. The molecule has 1 heterocycles. The molecule has 0 aromatic rings. The van der Waals surface area contributed by atoms with Gasteiger partial charge >= 0.3 is 5.97 Å². The maximum Gasteiger partial charge on any atom is 0.303 e. The van der Waals surface area contributed by atoms with Gasteiger partial charge in [-0.3, -0.25) is 9.59 Å². The van der Waals surface area contributed by atoms with Gasteiger partial charge < -0.3 is 14.9 Å². The molecule has 1 aliphatic heterocycles. The molecule has 5 heteroatoms. The number of amides is 1. The van der Waals surface area contributed by atoms with Crippen molar-refractivity contribution in [2.24, 2.45) is 5.41 Å². The Morgan fingerprint density at radius 1 is 1.37 bits per heavy atom. The van der Waals surface area contributed by atoms with Crippen LogP contribution in [-0.4, -0.2) is 60.0 Å². The lowest BCUT2D eigenvalue weighted by atomic mass is 9.85. The number of carbonyl (C=O) groups is 2. The summed E-state index contributed by atoms with van der Waals surface area (Å²) < 4.78 is 0. The zero-order chi connectivity index (χ0) is 14.6. The number of likely N-dealkylation sites (N-methyl/N-ethyl adjacent to an activating group) is 2. The first-order valence-corrected chi connectivity index (χ1v) is 6.87. The highest BCUT2D eigenvalue weighted by Gasteiger charge is 2.30. The number of carboxylic acids is 1. The minimum absolute atomic E-state index is 0.0249. The van der Waals surface area contributed by atoms with Crippen molar-refractivity contribution >= 4 is 11.9 Å². The third-order valence-corrected chi connectivity index (χ3v) is 3.80. The van der Waals surface area contributed by atoms with Gasteiger partial charge in [-0.25, -0.2) is 0 Å². The van der Waals surface area contributed by atoms with E-state index in [0.717, 1.165) is 25.9 Å². The Balaban J connectivity index is 2.54. The highest BCUT2D eigenvalue weighted by atomic mass is 16.4. The topological polar surface area (TPSA) is 60.9 Å². The van der Waals surface area contributed by atoms with Crippen molar-refractivity contribution in [2.45, 2.75) is 45.6 Å². The van der Waals surface area contributed by atoms with Gasteiger partial charge in [-0.2, -0.15) is 0 Å². The SMILES string of the molecule is CN1CCCC(N(C)C(=O)CC(C)(C)CC(=O)O)C1. The zero-order valence-corrected chi connectivity index (χ0v) is 12.5. The van der Waals surface area contributed by atoms with Crippen LogP contribution < -0.4 is 0 Å². The fraction of sp³-hybridized carbons (Fsp3) is 0.857. The molecule has 1 rings (SSSR count). The number of rotatable bonds is 5. The van der Waals surface area contributed by atoms with Crippen LogP contribution in [0.4, 0.5) is 0 Å². The Kier molecular flexibility index (Phi) is 5.35. The van der Waals surface area contributed by atoms with E-state index in [1.54, 1.807) is 4.90 Å². The summed E-state index contributed by atoms with van der Waals surface area (Å²) >= 11 is 0. The van der Waals surface area contributed by atoms with Gasteiger partial charge in [0.15, 0.2) is 0 Å². The van der Waals surface area contributed by atoms with E-state index in [-0.39, 0.29) is 24.8 Å². The molecule has 1 amide bonds.